The molecule has 0 saturated carbocycles. The second-order valence-corrected chi connectivity index (χ2v) is 7.77. The van der Waals surface area contributed by atoms with Crippen LogP contribution >= 0.6 is 0 Å². The summed E-state index contributed by atoms with van der Waals surface area (Å²) in [4.78, 5) is 0.261. The highest BCUT2D eigenvalue weighted by Gasteiger charge is 2.19. The molecule has 0 amide bonds. The molecule has 0 fully saturated rings. The van der Waals surface area contributed by atoms with Gasteiger partial charge < -0.3 is 5.11 Å². The number of sulfonamides is 1. The molecular weight excluding hydrogens is 286 g/mol. The normalized spacial score (nSPS) is 15.4. The fourth-order valence-corrected chi connectivity index (χ4v) is 2.98. The lowest BCUT2D eigenvalue weighted by Crippen LogP contribution is -2.24. The lowest BCUT2D eigenvalue weighted by atomic mass is 9.95. The van der Waals surface area contributed by atoms with Gasteiger partial charge in [-0.2, -0.15) is 0 Å². The van der Waals surface area contributed by atoms with Gasteiger partial charge in [-0.3, -0.25) is 4.31 Å². The number of aliphatic hydroxyl groups is 1. The molecule has 2 atom stereocenters. The lowest BCUT2D eigenvalue weighted by molar-refractivity contribution is 0.0908. The molecule has 4 nitrogen and oxygen atoms in total. The van der Waals surface area contributed by atoms with E-state index in [9.17, 15) is 13.5 Å². The van der Waals surface area contributed by atoms with Crippen molar-refractivity contribution in [3.8, 4) is 0 Å². The number of hydrogen-bond donors (Lipinski definition) is 1. The minimum atomic E-state index is -3.53. The van der Waals surface area contributed by atoms with Gasteiger partial charge in [0.05, 0.1) is 11.0 Å². The molecule has 5 heteroatoms. The summed E-state index contributed by atoms with van der Waals surface area (Å²) < 4.78 is 25.9. The Kier molecular flexibility index (Phi) is 5.98. The molecule has 0 aliphatic rings. The largest absolute Gasteiger partial charge is 0.392 e. The number of rotatable bonds is 6. The summed E-state index contributed by atoms with van der Waals surface area (Å²) >= 11 is 0. The summed E-state index contributed by atoms with van der Waals surface area (Å²) in [5.41, 5.74) is 1.01. The minimum Gasteiger partial charge on any atom is -0.392 e. The molecule has 0 aromatic heterocycles. The Morgan fingerprint density at radius 2 is 1.67 bits per heavy atom. The molecular formula is C16H25NO3S. The van der Waals surface area contributed by atoms with Gasteiger partial charge in [0.1, 0.15) is 0 Å². The van der Waals surface area contributed by atoms with Crippen molar-refractivity contribution in [3.05, 3.63) is 42.1 Å². The van der Waals surface area contributed by atoms with E-state index in [0.717, 1.165) is 5.56 Å². The van der Waals surface area contributed by atoms with E-state index in [1.54, 1.807) is 30.3 Å². The number of nitrogens with zero attached hydrogens (tertiary/aromatic N) is 1. The van der Waals surface area contributed by atoms with Gasteiger partial charge in [0.2, 0.25) is 0 Å². The van der Waals surface area contributed by atoms with Crippen LogP contribution in [0.1, 0.15) is 26.3 Å². The monoisotopic (exact) mass is 311 g/mol. The van der Waals surface area contributed by atoms with E-state index in [1.165, 1.54) is 17.6 Å². The Hall–Kier alpha value is -1.33. The van der Waals surface area contributed by atoms with E-state index in [1.807, 2.05) is 27.7 Å². The first-order valence-electron chi connectivity index (χ1n) is 7.07. The van der Waals surface area contributed by atoms with E-state index in [2.05, 4.69) is 0 Å². The maximum absolute atomic E-state index is 12.4. The van der Waals surface area contributed by atoms with E-state index in [4.69, 9.17) is 0 Å². The molecule has 0 aliphatic heterocycles. The second kappa shape index (κ2) is 7.09. The van der Waals surface area contributed by atoms with Crippen LogP contribution in [0.4, 0.5) is 0 Å². The molecule has 0 bridgehead atoms. The maximum atomic E-state index is 12.4. The van der Waals surface area contributed by atoms with Crippen LogP contribution in [-0.2, 0) is 10.0 Å². The highest BCUT2D eigenvalue weighted by molar-refractivity contribution is 7.89. The zero-order valence-corrected chi connectivity index (χ0v) is 14.1. The fraction of sp³-hybridized carbons (Fsp3) is 0.500. The summed E-state index contributed by atoms with van der Waals surface area (Å²) in [6, 6.07) is 6.74. The lowest BCUT2D eigenvalue weighted by Gasteiger charge is -2.20. The zero-order valence-electron chi connectivity index (χ0n) is 13.3. The molecule has 0 spiro atoms. The number of aliphatic hydroxyl groups excluding tert-OH is 1. The third-order valence-corrected chi connectivity index (χ3v) is 5.27. The van der Waals surface area contributed by atoms with Crippen LogP contribution in [0.25, 0.3) is 0 Å². The van der Waals surface area contributed by atoms with Gasteiger partial charge in [-0.15, -0.1) is 0 Å². The van der Waals surface area contributed by atoms with Crippen LogP contribution < -0.4 is 0 Å². The van der Waals surface area contributed by atoms with Gasteiger partial charge in [-0.1, -0.05) is 44.5 Å². The van der Waals surface area contributed by atoms with Gasteiger partial charge in [0, 0.05) is 19.2 Å². The highest BCUT2D eigenvalue weighted by atomic mass is 32.2. The number of benzene rings is 1. The molecule has 1 N–H and O–H groups in total. The Morgan fingerprint density at radius 1 is 1.14 bits per heavy atom. The van der Waals surface area contributed by atoms with Gasteiger partial charge in [-0.05, 0) is 25.0 Å². The smallest absolute Gasteiger partial charge is 0.263 e. The van der Waals surface area contributed by atoms with Crippen molar-refractivity contribution in [2.24, 2.45) is 11.8 Å². The minimum absolute atomic E-state index is 0.110. The Bertz CT molecular complexity index is 576. The van der Waals surface area contributed by atoms with Crippen molar-refractivity contribution >= 4 is 10.0 Å². The predicted molar refractivity (Wildman–Crippen MR) is 85.3 cm³/mol. The summed E-state index contributed by atoms with van der Waals surface area (Å²) in [7, 11) is -2.03. The first kappa shape index (κ1) is 17.7. The quantitative estimate of drug-likeness (QED) is 0.879. The van der Waals surface area contributed by atoms with Crippen LogP contribution in [0.2, 0.25) is 0 Å². The zero-order chi connectivity index (χ0) is 16.2. The maximum Gasteiger partial charge on any atom is 0.263 e. The molecule has 0 radical (unpaired) electrons. The van der Waals surface area contributed by atoms with E-state index in [0.29, 0.717) is 0 Å². The standard InChI is InChI=1S/C16H25NO3S/c1-12(2)16(18)14(4)10-11-17(5)21(19,20)15-8-6-13(3)7-9-15/h6-12,14,16,18H,1-5H3/b11-10-/t14-,16+/m0/s1. The number of aryl methyl sites for hydroxylation is 1. The van der Waals surface area contributed by atoms with Crippen molar-refractivity contribution in [2.75, 3.05) is 7.05 Å². The predicted octanol–water partition coefficient (Wildman–Crippen LogP) is 2.78. The molecule has 21 heavy (non-hydrogen) atoms. The number of hydrogen-bond acceptors (Lipinski definition) is 3. The van der Waals surface area contributed by atoms with Crippen LogP contribution in [0.3, 0.4) is 0 Å². The third-order valence-electron chi connectivity index (χ3n) is 3.52. The highest BCUT2D eigenvalue weighted by Crippen LogP contribution is 2.17. The SMILES string of the molecule is Cc1ccc(S(=O)(=O)N(C)/C=C\[C@H](C)[C@H](O)C(C)C)cc1. The molecule has 1 rings (SSSR count). The topological polar surface area (TPSA) is 57.6 Å². The van der Waals surface area contributed by atoms with Gasteiger partial charge in [0.15, 0.2) is 0 Å². The average molecular weight is 311 g/mol. The van der Waals surface area contributed by atoms with Crippen molar-refractivity contribution in [1.82, 2.24) is 4.31 Å². The van der Waals surface area contributed by atoms with E-state index < -0.39 is 16.1 Å². The first-order valence-corrected chi connectivity index (χ1v) is 8.51. The van der Waals surface area contributed by atoms with Crippen LogP contribution in [0, 0.1) is 18.8 Å². The van der Waals surface area contributed by atoms with Gasteiger partial charge in [-0.25, -0.2) is 8.42 Å². The van der Waals surface area contributed by atoms with E-state index >= 15 is 0 Å². The van der Waals surface area contributed by atoms with Crippen LogP contribution in [0.15, 0.2) is 41.4 Å². The molecule has 1 aromatic rings. The fourth-order valence-electron chi connectivity index (χ4n) is 1.93. The molecule has 0 heterocycles. The Labute approximate surface area is 128 Å². The Balaban J connectivity index is 2.87. The Morgan fingerprint density at radius 3 is 2.14 bits per heavy atom. The van der Waals surface area contributed by atoms with Gasteiger partial charge >= 0.3 is 0 Å². The van der Waals surface area contributed by atoms with Crippen molar-refractivity contribution in [1.29, 1.82) is 0 Å². The molecule has 0 unspecified atom stereocenters. The molecule has 118 valence electrons. The third kappa shape index (κ3) is 4.58. The molecule has 0 aliphatic carbocycles. The summed E-state index contributed by atoms with van der Waals surface area (Å²) in [6.07, 6.45) is 2.73. The van der Waals surface area contributed by atoms with Crippen LogP contribution in [-0.4, -0.2) is 31.0 Å². The molecule has 1 aromatic carbocycles. The summed E-state index contributed by atoms with van der Waals surface area (Å²) in [5.74, 6) is 0.0179. The second-order valence-electron chi connectivity index (χ2n) is 5.77. The summed E-state index contributed by atoms with van der Waals surface area (Å²) in [5, 5.41) is 9.94. The average Bonchev–Trinajstić information content (AvgIpc) is 2.43. The van der Waals surface area contributed by atoms with Crippen molar-refractivity contribution in [2.45, 2.75) is 38.7 Å². The van der Waals surface area contributed by atoms with Crippen LogP contribution in [0.5, 0.6) is 0 Å². The first-order chi connectivity index (χ1) is 9.66. The van der Waals surface area contributed by atoms with Gasteiger partial charge in [0.25, 0.3) is 10.0 Å². The summed E-state index contributed by atoms with van der Waals surface area (Å²) in [6.45, 7) is 7.64. The van der Waals surface area contributed by atoms with Crippen molar-refractivity contribution < 1.29 is 13.5 Å². The van der Waals surface area contributed by atoms with Crippen molar-refractivity contribution in [3.63, 3.8) is 0 Å². The molecule has 0 saturated heterocycles. The van der Waals surface area contributed by atoms with E-state index in [-0.39, 0.29) is 16.7 Å².